The predicted molar refractivity (Wildman–Crippen MR) is 142 cm³/mol. The molecule has 35 heavy (non-hydrogen) atoms. The molecule has 212 valence electrons. The van der Waals surface area contributed by atoms with Gasteiger partial charge in [0, 0.05) is 66.1 Å². The molecule has 0 rings (SSSR count). The summed E-state index contributed by atoms with van der Waals surface area (Å²) in [6.07, 6.45) is 12.5. The maximum Gasteiger partial charge on any atom is 0.157 e. The Labute approximate surface area is 216 Å². The van der Waals surface area contributed by atoms with E-state index in [1.165, 1.54) is 0 Å². The number of unbranched alkanes of at least 4 members (excludes halogenated alkanes) is 6. The number of ether oxygens (including phenoxy) is 7. The summed E-state index contributed by atoms with van der Waals surface area (Å²) in [6, 6.07) is 0. The molecule has 2 unspecified atom stereocenters. The van der Waals surface area contributed by atoms with E-state index < -0.39 is 0 Å². The van der Waals surface area contributed by atoms with Crippen molar-refractivity contribution in [3.63, 3.8) is 0 Å². The first kappa shape index (κ1) is 34.7. The summed E-state index contributed by atoms with van der Waals surface area (Å²) >= 11 is 0. The molecule has 0 spiro atoms. The third kappa shape index (κ3) is 26.6. The normalized spacial score (nSPS) is 13.4. The van der Waals surface area contributed by atoms with Crippen molar-refractivity contribution >= 4 is 0 Å². The first-order valence-corrected chi connectivity index (χ1v) is 14.5. The van der Waals surface area contributed by atoms with Crippen molar-refractivity contribution in [3.05, 3.63) is 0 Å². The molecule has 0 fully saturated rings. The lowest BCUT2D eigenvalue weighted by atomic mass is 10.2. The van der Waals surface area contributed by atoms with E-state index in [0.29, 0.717) is 13.2 Å². The zero-order valence-electron chi connectivity index (χ0n) is 23.6. The second kappa shape index (κ2) is 29.9. The van der Waals surface area contributed by atoms with E-state index in [-0.39, 0.29) is 12.6 Å². The molecule has 0 amide bonds. The number of rotatable bonds is 30. The Morgan fingerprint density at radius 1 is 0.343 bits per heavy atom. The summed E-state index contributed by atoms with van der Waals surface area (Å²) in [5.74, 6) is 0. The van der Waals surface area contributed by atoms with E-state index >= 15 is 0 Å². The summed E-state index contributed by atoms with van der Waals surface area (Å²) in [5, 5.41) is 0. The highest BCUT2D eigenvalue weighted by atomic mass is 16.7. The number of hydrogen-bond acceptors (Lipinski definition) is 7. The third-order valence-corrected chi connectivity index (χ3v) is 5.54. The zero-order chi connectivity index (χ0) is 25.7. The molecule has 2 atom stereocenters. The minimum absolute atomic E-state index is 0.0777. The molecule has 0 aromatic carbocycles. The van der Waals surface area contributed by atoms with E-state index in [2.05, 4.69) is 0 Å². The van der Waals surface area contributed by atoms with Crippen LogP contribution in [0.3, 0.4) is 0 Å². The molecular formula is C28H58O7. The molecule has 0 bridgehead atoms. The molecule has 0 heterocycles. The van der Waals surface area contributed by atoms with Crippen LogP contribution in [-0.2, 0) is 33.2 Å². The van der Waals surface area contributed by atoms with Gasteiger partial charge in [-0.1, -0.05) is 0 Å². The molecular weight excluding hydrogens is 448 g/mol. The molecule has 0 aliphatic rings. The highest BCUT2D eigenvalue weighted by Gasteiger charge is 2.09. The van der Waals surface area contributed by atoms with Gasteiger partial charge in [0.1, 0.15) is 0 Å². The molecule has 0 aromatic heterocycles. The molecule has 0 radical (unpaired) electrons. The highest BCUT2D eigenvalue weighted by Crippen LogP contribution is 2.10. The average molecular weight is 507 g/mol. The predicted octanol–water partition coefficient (Wildman–Crippen LogP) is 6.52. The van der Waals surface area contributed by atoms with Crippen molar-refractivity contribution in [2.45, 2.75) is 117 Å². The van der Waals surface area contributed by atoms with Crippen molar-refractivity contribution < 1.29 is 33.2 Å². The molecule has 0 aliphatic heterocycles. The van der Waals surface area contributed by atoms with Crippen LogP contribution in [0, 0.1) is 0 Å². The lowest BCUT2D eigenvalue weighted by Crippen LogP contribution is -2.18. The van der Waals surface area contributed by atoms with Gasteiger partial charge < -0.3 is 33.2 Å². The fraction of sp³-hybridized carbons (Fsp3) is 1.00. The van der Waals surface area contributed by atoms with E-state index in [1.807, 2.05) is 27.7 Å². The van der Waals surface area contributed by atoms with Gasteiger partial charge in [-0.25, -0.2) is 0 Å². The lowest BCUT2D eigenvalue weighted by molar-refractivity contribution is -0.144. The van der Waals surface area contributed by atoms with Gasteiger partial charge in [-0.3, -0.25) is 0 Å². The molecule has 0 N–H and O–H groups in total. The van der Waals surface area contributed by atoms with Crippen LogP contribution in [0.25, 0.3) is 0 Å². The average Bonchev–Trinajstić information content (AvgIpc) is 2.86. The van der Waals surface area contributed by atoms with Gasteiger partial charge in [-0.05, 0) is 105 Å². The van der Waals surface area contributed by atoms with E-state index in [9.17, 15) is 0 Å². The first-order valence-electron chi connectivity index (χ1n) is 14.5. The standard InChI is InChI=1S/C28H58O7/c1-5-29-21-17-11-19-27(32-7-3)34-25-15-9-13-23-31-24-14-10-16-26-35-28(33-8-4)20-12-18-22-30-6-2/h27-28H,5-26H2,1-4H3. The third-order valence-electron chi connectivity index (χ3n) is 5.54. The van der Waals surface area contributed by atoms with Gasteiger partial charge in [-0.2, -0.15) is 0 Å². The van der Waals surface area contributed by atoms with Crippen LogP contribution in [0.4, 0.5) is 0 Å². The number of hydrogen-bond donors (Lipinski definition) is 0. The Morgan fingerprint density at radius 2 is 0.714 bits per heavy atom. The maximum atomic E-state index is 5.91. The smallest absolute Gasteiger partial charge is 0.157 e. The molecule has 0 saturated carbocycles. The monoisotopic (exact) mass is 506 g/mol. The molecule has 7 nitrogen and oxygen atoms in total. The van der Waals surface area contributed by atoms with Crippen LogP contribution >= 0.6 is 0 Å². The second-order valence-electron chi connectivity index (χ2n) is 8.63. The maximum absolute atomic E-state index is 5.91. The van der Waals surface area contributed by atoms with Gasteiger partial charge in [0.2, 0.25) is 0 Å². The molecule has 0 aliphatic carbocycles. The quantitative estimate of drug-likeness (QED) is 0.0812. The summed E-state index contributed by atoms with van der Waals surface area (Å²) in [5.41, 5.74) is 0. The first-order chi connectivity index (χ1) is 17.3. The highest BCUT2D eigenvalue weighted by molar-refractivity contribution is 4.51. The zero-order valence-corrected chi connectivity index (χ0v) is 23.6. The Hall–Kier alpha value is -0.280. The molecule has 0 saturated heterocycles. The van der Waals surface area contributed by atoms with Crippen molar-refractivity contribution in [2.75, 3.05) is 66.1 Å². The van der Waals surface area contributed by atoms with Crippen LogP contribution < -0.4 is 0 Å². The Kier molecular flexibility index (Phi) is 29.7. The second-order valence-corrected chi connectivity index (χ2v) is 8.63. The fourth-order valence-corrected chi connectivity index (χ4v) is 3.62. The minimum atomic E-state index is -0.0777. The molecule has 7 heteroatoms. The van der Waals surface area contributed by atoms with Gasteiger partial charge >= 0.3 is 0 Å². The lowest BCUT2D eigenvalue weighted by Gasteiger charge is -2.18. The van der Waals surface area contributed by atoms with Gasteiger partial charge in [0.25, 0.3) is 0 Å². The van der Waals surface area contributed by atoms with Crippen molar-refractivity contribution in [3.8, 4) is 0 Å². The Balaban J connectivity index is 3.49. The minimum Gasteiger partial charge on any atom is -0.382 e. The summed E-state index contributed by atoms with van der Waals surface area (Å²) in [6.45, 7) is 15.9. The van der Waals surface area contributed by atoms with Crippen LogP contribution in [-0.4, -0.2) is 78.6 Å². The van der Waals surface area contributed by atoms with Crippen LogP contribution in [0.5, 0.6) is 0 Å². The van der Waals surface area contributed by atoms with Crippen LogP contribution in [0.15, 0.2) is 0 Å². The van der Waals surface area contributed by atoms with Gasteiger partial charge in [0.05, 0.1) is 0 Å². The van der Waals surface area contributed by atoms with Crippen molar-refractivity contribution in [2.24, 2.45) is 0 Å². The summed E-state index contributed by atoms with van der Waals surface area (Å²) in [7, 11) is 0. The van der Waals surface area contributed by atoms with Crippen LogP contribution in [0.2, 0.25) is 0 Å². The fourth-order valence-electron chi connectivity index (χ4n) is 3.62. The SMILES string of the molecule is CCOCCCCC(OCC)OCCCCCOCCCCCOC(CCCCOCC)OCC. The van der Waals surface area contributed by atoms with E-state index in [4.69, 9.17) is 33.2 Å². The van der Waals surface area contributed by atoms with Crippen LogP contribution in [0.1, 0.15) is 105 Å². The van der Waals surface area contributed by atoms with Crippen molar-refractivity contribution in [1.29, 1.82) is 0 Å². The Bertz CT molecular complexity index is 350. The Morgan fingerprint density at radius 3 is 1.11 bits per heavy atom. The van der Waals surface area contributed by atoms with Gasteiger partial charge in [0.15, 0.2) is 12.6 Å². The van der Waals surface area contributed by atoms with E-state index in [0.717, 1.165) is 130 Å². The summed E-state index contributed by atoms with van der Waals surface area (Å²) < 4.78 is 39.8. The van der Waals surface area contributed by atoms with Crippen molar-refractivity contribution in [1.82, 2.24) is 0 Å². The topological polar surface area (TPSA) is 64.6 Å². The van der Waals surface area contributed by atoms with Gasteiger partial charge in [-0.15, -0.1) is 0 Å². The molecule has 0 aromatic rings. The van der Waals surface area contributed by atoms with E-state index in [1.54, 1.807) is 0 Å². The largest absolute Gasteiger partial charge is 0.382 e. The summed E-state index contributed by atoms with van der Waals surface area (Å²) in [4.78, 5) is 0.